The highest BCUT2D eigenvalue weighted by atomic mass is 32.2. The van der Waals surface area contributed by atoms with E-state index in [1.54, 1.807) is 6.07 Å². The molecule has 1 aromatic carbocycles. The maximum atomic E-state index is 13.0. The van der Waals surface area contributed by atoms with Crippen LogP contribution in [0.2, 0.25) is 0 Å². The molecule has 0 spiro atoms. The second-order valence-corrected chi connectivity index (χ2v) is 9.19. The first-order valence-electron chi connectivity index (χ1n) is 9.49. The average molecular weight is 394 g/mol. The van der Waals surface area contributed by atoms with Gasteiger partial charge >= 0.3 is 5.97 Å². The van der Waals surface area contributed by atoms with E-state index in [1.165, 1.54) is 9.87 Å². The van der Waals surface area contributed by atoms with Gasteiger partial charge in [-0.3, -0.25) is 9.59 Å². The van der Waals surface area contributed by atoms with E-state index in [2.05, 4.69) is 5.32 Å². The highest BCUT2D eigenvalue weighted by Crippen LogP contribution is 2.28. The fraction of sp³-hybridized carbons (Fsp3) is 0.579. The van der Waals surface area contributed by atoms with Crippen LogP contribution in [0.5, 0.6) is 0 Å². The van der Waals surface area contributed by atoms with Gasteiger partial charge in [-0.05, 0) is 61.8 Å². The minimum absolute atomic E-state index is 0.0990. The van der Waals surface area contributed by atoms with Gasteiger partial charge in [-0.25, -0.2) is 8.42 Å². The van der Waals surface area contributed by atoms with Crippen LogP contribution in [0, 0.1) is 5.92 Å². The summed E-state index contributed by atoms with van der Waals surface area (Å²) in [5, 5.41) is 11.2. The molecule has 1 aromatic rings. The van der Waals surface area contributed by atoms with E-state index in [9.17, 15) is 18.0 Å². The van der Waals surface area contributed by atoms with Crippen LogP contribution in [0.15, 0.2) is 23.1 Å². The number of carboxylic acid groups (broad SMARTS) is 1. The largest absolute Gasteiger partial charge is 0.481 e. The van der Waals surface area contributed by atoms with Crippen molar-refractivity contribution in [1.82, 2.24) is 9.62 Å². The van der Waals surface area contributed by atoms with Gasteiger partial charge in [0.15, 0.2) is 0 Å². The number of piperidine rings is 1. The van der Waals surface area contributed by atoms with Crippen molar-refractivity contribution in [2.24, 2.45) is 5.92 Å². The molecule has 0 bridgehead atoms. The summed E-state index contributed by atoms with van der Waals surface area (Å²) in [6, 6.07) is 5.45. The van der Waals surface area contributed by atoms with Crippen LogP contribution in [0.25, 0.3) is 0 Å². The van der Waals surface area contributed by atoms with E-state index in [0.717, 1.165) is 31.2 Å². The predicted octanol–water partition coefficient (Wildman–Crippen LogP) is 1.56. The molecular weight excluding hydrogens is 368 g/mol. The number of carbonyl (C=O) groups excluding carboxylic acids is 1. The number of carbonyl (C=O) groups is 2. The van der Waals surface area contributed by atoms with Crippen molar-refractivity contribution in [3.63, 3.8) is 0 Å². The summed E-state index contributed by atoms with van der Waals surface area (Å²) in [6.07, 6.45) is 4.97. The van der Waals surface area contributed by atoms with E-state index in [0.29, 0.717) is 30.8 Å². The lowest BCUT2D eigenvalue weighted by atomic mass is 9.92. The quantitative estimate of drug-likeness (QED) is 0.762. The number of hydrogen-bond acceptors (Lipinski definition) is 4. The molecule has 1 aliphatic heterocycles. The highest BCUT2D eigenvalue weighted by Gasteiger charge is 2.32. The van der Waals surface area contributed by atoms with Gasteiger partial charge < -0.3 is 10.4 Å². The second-order valence-electron chi connectivity index (χ2n) is 7.25. The number of aryl methyl sites for hydroxylation is 2. The molecule has 3 rings (SSSR count). The van der Waals surface area contributed by atoms with Crippen LogP contribution in [-0.2, 0) is 32.5 Å². The number of amides is 1. The Morgan fingerprint density at radius 1 is 1.11 bits per heavy atom. The summed E-state index contributed by atoms with van der Waals surface area (Å²) in [7, 11) is -3.55. The molecule has 2 aliphatic rings. The molecule has 2 N–H and O–H groups in total. The summed E-state index contributed by atoms with van der Waals surface area (Å²) in [5.74, 6) is -1.42. The lowest BCUT2D eigenvalue weighted by Crippen LogP contribution is -2.43. The normalized spacial score (nSPS) is 18.7. The minimum Gasteiger partial charge on any atom is -0.481 e. The number of aliphatic carboxylic acids is 1. The van der Waals surface area contributed by atoms with Crippen LogP contribution in [-0.4, -0.2) is 49.3 Å². The summed E-state index contributed by atoms with van der Waals surface area (Å²) in [5.41, 5.74) is 2.38. The molecule has 1 amide bonds. The van der Waals surface area contributed by atoms with Crippen molar-refractivity contribution in [2.75, 3.05) is 19.6 Å². The zero-order valence-electron chi connectivity index (χ0n) is 15.3. The zero-order chi connectivity index (χ0) is 19.4. The lowest BCUT2D eigenvalue weighted by molar-refractivity contribution is -0.137. The zero-order valence-corrected chi connectivity index (χ0v) is 16.1. The maximum absolute atomic E-state index is 13.0. The number of fused-ring (bicyclic) bond motifs is 1. The molecule has 1 fully saturated rings. The van der Waals surface area contributed by atoms with Gasteiger partial charge in [-0.15, -0.1) is 0 Å². The number of hydrogen-bond donors (Lipinski definition) is 2. The maximum Gasteiger partial charge on any atom is 0.305 e. The molecule has 1 heterocycles. The van der Waals surface area contributed by atoms with Crippen molar-refractivity contribution in [3.8, 4) is 0 Å². The van der Waals surface area contributed by atoms with E-state index < -0.39 is 16.0 Å². The van der Waals surface area contributed by atoms with Crippen LogP contribution in [0.4, 0.5) is 0 Å². The van der Waals surface area contributed by atoms with Crippen molar-refractivity contribution >= 4 is 21.9 Å². The summed E-state index contributed by atoms with van der Waals surface area (Å²) >= 11 is 0. The van der Waals surface area contributed by atoms with Gasteiger partial charge in [0, 0.05) is 25.6 Å². The fourth-order valence-corrected chi connectivity index (χ4v) is 5.34. The van der Waals surface area contributed by atoms with Crippen molar-refractivity contribution in [1.29, 1.82) is 0 Å². The number of nitrogens with zero attached hydrogens (tertiary/aromatic N) is 1. The molecular formula is C19H26N2O5S. The third-order valence-corrected chi connectivity index (χ3v) is 7.32. The minimum atomic E-state index is -3.55. The summed E-state index contributed by atoms with van der Waals surface area (Å²) in [4.78, 5) is 22.9. The van der Waals surface area contributed by atoms with Crippen LogP contribution in [0.1, 0.15) is 43.2 Å². The molecule has 0 atom stereocenters. The third-order valence-electron chi connectivity index (χ3n) is 5.42. The Hall–Kier alpha value is -1.93. The van der Waals surface area contributed by atoms with Crippen molar-refractivity contribution < 1.29 is 23.1 Å². The Morgan fingerprint density at radius 3 is 2.44 bits per heavy atom. The van der Waals surface area contributed by atoms with Gasteiger partial charge in [0.05, 0.1) is 11.3 Å². The van der Waals surface area contributed by atoms with Crippen molar-refractivity contribution in [2.45, 2.75) is 49.8 Å². The summed E-state index contributed by atoms with van der Waals surface area (Å²) in [6.45, 7) is 0.703. The number of nitrogens with one attached hydrogen (secondary N) is 1. The molecule has 7 nitrogen and oxygen atoms in total. The second kappa shape index (κ2) is 8.39. The SMILES string of the molecule is O=C(O)CCNC(=O)C1CCN(S(=O)(=O)c2ccc3c(c2)CCCC3)CC1. The Morgan fingerprint density at radius 2 is 1.78 bits per heavy atom. The smallest absolute Gasteiger partial charge is 0.305 e. The molecule has 27 heavy (non-hydrogen) atoms. The number of carboxylic acids is 1. The highest BCUT2D eigenvalue weighted by molar-refractivity contribution is 7.89. The Balaban J connectivity index is 1.60. The van der Waals surface area contributed by atoms with Gasteiger partial charge in [0.25, 0.3) is 0 Å². The monoisotopic (exact) mass is 394 g/mol. The Bertz CT molecular complexity index is 813. The molecule has 0 aromatic heterocycles. The van der Waals surface area contributed by atoms with E-state index in [1.807, 2.05) is 12.1 Å². The molecule has 8 heteroatoms. The Kier molecular flexibility index (Phi) is 6.16. The third kappa shape index (κ3) is 4.68. The van der Waals surface area contributed by atoms with Gasteiger partial charge in [-0.1, -0.05) is 6.07 Å². The molecule has 0 saturated carbocycles. The van der Waals surface area contributed by atoms with E-state index in [-0.39, 0.29) is 24.8 Å². The first-order chi connectivity index (χ1) is 12.9. The number of benzene rings is 1. The summed E-state index contributed by atoms with van der Waals surface area (Å²) < 4.78 is 27.4. The lowest BCUT2D eigenvalue weighted by Gasteiger charge is -2.31. The van der Waals surface area contributed by atoms with Gasteiger partial charge in [0.2, 0.25) is 15.9 Å². The van der Waals surface area contributed by atoms with Crippen LogP contribution < -0.4 is 5.32 Å². The average Bonchev–Trinajstić information content (AvgIpc) is 2.67. The standard InChI is InChI=1S/C19H26N2O5S/c22-18(23)7-10-20-19(24)15-8-11-21(12-9-15)27(25,26)17-6-5-14-3-1-2-4-16(14)13-17/h5-6,13,15H,1-4,7-12H2,(H,20,24)(H,22,23). The molecule has 1 aliphatic carbocycles. The fourth-order valence-electron chi connectivity index (χ4n) is 3.81. The molecule has 0 unspecified atom stereocenters. The predicted molar refractivity (Wildman–Crippen MR) is 99.8 cm³/mol. The first-order valence-corrected chi connectivity index (χ1v) is 10.9. The number of rotatable bonds is 6. The van der Waals surface area contributed by atoms with Gasteiger partial charge in [0.1, 0.15) is 0 Å². The van der Waals surface area contributed by atoms with E-state index in [4.69, 9.17) is 5.11 Å². The van der Waals surface area contributed by atoms with Crippen LogP contribution in [0.3, 0.4) is 0 Å². The van der Waals surface area contributed by atoms with Gasteiger partial charge in [-0.2, -0.15) is 4.31 Å². The van der Waals surface area contributed by atoms with Crippen molar-refractivity contribution in [3.05, 3.63) is 29.3 Å². The molecule has 148 valence electrons. The van der Waals surface area contributed by atoms with Crippen LogP contribution >= 0.6 is 0 Å². The topological polar surface area (TPSA) is 104 Å². The molecule has 1 saturated heterocycles. The Labute approximate surface area is 159 Å². The first kappa shape index (κ1) is 19.8. The van der Waals surface area contributed by atoms with E-state index >= 15 is 0 Å². The molecule has 0 radical (unpaired) electrons. The number of sulfonamides is 1.